The lowest BCUT2D eigenvalue weighted by Crippen LogP contribution is -2.60. The van der Waals surface area contributed by atoms with Crippen molar-refractivity contribution in [3.05, 3.63) is 64.7 Å². The summed E-state index contributed by atoms with van der Waals surface area (Å²) in [6.07, 6.45) is 4.82. The fraction of sp³-hybridized carbons (Fsp3) is 0.594. The molecule has 4 fully saturated rings. The molecule has 0 radical (unpaired) electrons. The van der Waals surface area contributed by atoms with Gasteiger partial charge in [0.15, 0.2) is 0 Å². The number of benzene rings is 2. The van der Waals surface area contributed by atoms with Crippen molar-refractivity contribution in [1.82, 2.24) is 9.21 Å². The highest BCUT2D eigenvalue weighted by Crippen LogP contribution is 2.59. The summed E-state index contributed by atoms with van der Waals surface area (Å²) in [6.45, 7) is 2.09. The number of fused-ring (bicyclic) bond motifs is 2. The third kappa shape index (κ3) is 5.31. The van der Waals surface area contributed by atoms with Crippen molar-refractivity contribution >= 4 is 27.5 Å². The molecule has 1 aliphatic carbocycles. The molecule has 5 atom stereocenters. The summed E-state index contributed by atoms with van der Waals surface area (Å²) in [4.78, 5) is 16.0. The van der Waals surface area contributed by atoms with Gasteiger partial charge in [0.25, 0.3) is 5.91 Å². The van der Waals surface area contributed by atoms with Crippen LogP contribution < -0.4 is 0 Å². The summed E-state index contributed by atoms with van der Waals surface area (Å²) < 4.78 is 64.9. The second-order valence-corrected chi connectivity index (χ2v) is 15.1. The van der Waals surface area contributed by atoms with Crippen molar-refractivity contribution in [2.45, 2.75) is 112 Å². The quantitative estimate of drug-likeness (QED) is 0.385. The van der Waals surface area contributed by atoms with E-state index in [1.165, 1.54) is 40.7 Å². The highest BCUT2D eigenvalue weighted by molar-refractivity contribution is 7.89. The minimum Gasteiger partial charge on any atom is -0.383 e. The second-order valence-electron chi connectivity index (χ2n) is 12.9. The van der Waals surface area contributed by atoms with Crippen LogP contribution in [0.15, 0.2) is 47.4 Å². The number of aliphatic hydroxyl groups is 1. The van der Waals surface area contributed by atoms with Crippen LogP contribution in [-0.2, 0) is 19.6 Å². The number of carbonyl (C=O) groups is 1. The van der Waals surface area contributed by atoms with Gasteiger partial charge in [0.1, 0.15) is 17.7 Å². The first-order valence-corrected chi connectivity index (χ1v) is 17.1. The maximum absolute atomic E-state index is 14.4. The van der Waals surface area contributed by atoms with Gasteiger partial charge in [0, 0.05) is 41.7 Å². The lowest BCUT2D eigenvalue weighted by atomic mass is 9.80. The number of amides is 1. The zero-order chi connectivity index (χ0) is 30.7. The molecule has 43 heavy (non-hydrogen) atoms. The Morgan fingerprint density at radius 3 is 2.19 bits per heavy atom. The Labute approximate surface area is 257 Å². The van der Waals surface area contributed by atoms with E-state index in [0.717, 1.165) is 25.3 Å². The summed E-state index contributed by atoms with van der Waals surface area (Å²) in [5.41, 5.74) is -1.08. The molecule has 2 aromatic carbocycles. The lowest BCUT2D eigenvalue weighted by Gasteiger charge is -2.49. The van der Waals surface area contributed by atoms with Gasteiger partial charge in [-0.2, -0.15) is 4.31 Å². The molecule has 3 saturated heterocycles. The van der Waals surface area contributed by atoms with E-state index in [2.05, 4.69) is 6.92 Å². The van der Waals surface area contributed by atoms with Gasteiger partial charge in [-0.15, -0.1) is 0 Å². The fourth-order valence-electron chi connectivity index (χ4n) is 8.25. The molecule has 7 nitrogen and oxygen atoms in total. The van der Waals surface area contributed by atoms with Crippen molar-refractivity contribution in [2.24, 2.45) is 5.41 Å². The Morgan fingerprint density at radius 2 is 1.65 bits per heavy atom. The third-order valence-electron chi connectivity index (χ3n) is 10.7. The number of nitrogens with zero attached hydrogens (tertiary/aromatic N) is 2. The number of hydrogen-bond donors (Lipinski definition) is 1. The van der Waals surface area contributed by atoms with E-state index in [-0.39, 0.29) is 34.1 Å². The molecule has 234 valence electrons. The van der Waals surface area contributed by atoms with Crippen molar-refractivity contribution < 1.29 is 31.8 Å². The molecule has 6 rings (SSSR count). The van der Waals surface area contributed by atoms with E-state index < -0.39 is 45.3 Å². The smallest absolute Gasteiger partial charge is 0.252 e. The number of rotatable bonds is 8. The maximum Gasteiger partial charge on any atom is 0.252 e. The van der Waals surface area contributed by atoms with Crippen LogP contribution in [0.2, 0.25) is 5.02 Å². The second kappa shape index (κ2) is 11.4. The maximum atomic E-state index is 14.4. The predicted molar refractivity (Wildman–Crippen MR) is 158 cm³/mol. The topological polar surface area (TPSA) is 87.2 Å². The average molecular weight is 637 g/mol. The van der Waals surface area contributed by atoms with Crippen LogP contribution in [0.25, 0.3) is 0 Å². The molecule has 1 saturated carbocycles. The van der Waals surface area contributed by atoms with Crippen LogP contribution in [0.5, 0.6) is 0 Å². The Bertz CT molecular complexity index is 1440. The van der Waals surface area contributed by atoms with Gasteiger partial charge in [0.05, 0.1) is 16.5 Å². The molecular formula is C32H39ClF2N2O5S. The first-order valence-electron chi connectivity index (χ1n) is 15.3. The number of halogens is 3. The molecular weight excluding hydrogens is 598 g/mol. The summed E-state index contributed by atoms with van der Waals surface area (Å²) in [5, 5.41) is 12.2. The zero-order valence-electron chi connectivity index (χ0n) is 24.5. The molecule has 3 heterocycles. The van der Waals surface area contributed by atoms with E-state index in [9.17, 15) is 27.1 Å². The molecule has 3 unspecified atom stereocenters. The SMILES string of the molecule is CCC1(OC)CC2CCC(C1)N2C(=O)C(O)C1([C@H]2CCC[C@@H](c3cc(F)cc(F)c3)N2S(=O)(=O)c2ccc(Cl)cc2)CC1. The number of ether oxygens (including phenoxy) is 1. The largest absolute Gasteiger partial charge is 0.383 e. The van der Waals surface area contributed by atoms with Crippen LogP contribution in [0.3, 0.4) is 0 Å². The number of hydrogen-bond acceptors (Lipinski definition) is 5. The number of carbonyl (C=O) groups excluding carboxylic acids is 1. The summed E-state index contributed by atoms with van der Waals surface area (Å²) in [5.74, 6) is -1.94. The molecule has 0 spiro atoms. The standard InChI is InChI=1S/C32H39ClF2N2O5S/c1-3-31(42-2)18-24-9-10-25(19-31)36(24)30(39)29(38)32(13-14-32)28-6-4-5-27(20-15-22(34)17-23(35)16-20)37(28)43(40,41)26-11-7-21(33)8-12-26/h7-8,11-12,15-17,24-25,27-29,38H,3-6,9-10,13-14,18-19H2,1-2H3/t24?,25?,27-,28+,29?,31?/m0/s1. The number of methoxy groups -OCH3 is 1. The van der Waals surface area contributed by atoms with Crippen molar-refractivity contribution in [2.75, 3.05) is 7.11 Å². The van der Waals surface area contributed by atoms with Gasteiger partial charge in [-0.25, -0.2) is 17.2 Å². The van der Waals surface area contributed by atoms with Crippen LogP contribution in [0, 0.1) is 17.0 Å². The van der Waals surface area contributed by atoms with E-state index in [4.69, 9.17) is 16.3 Å². The van der Waals surface area contributed by atoms with Crippen LogP contribution in [-0.4, -0.2) is 65.6 Å². The van der Waals surface area contributed by atoms with Crippen molar-refractivity contribution in [3.63, 3.8) is 0 Å². The minimum absolute atomic E-state index is 0.00756. The van der Waals surface area contributed by atoms with Gasteiger partial charge in [0.2, 0.25) is 10.0 Å². The molecule has 1 N–H and O–H groups in total. The van der Waals surface area contributed by atoms with Gasteiger partial charge >= 0.3 is 0 Å². The van der Waals surface area contributed by atoms with E-state index in [1.807, 2.05) is 4.90 Å². The van der Waals surface area contributed by atoms with Gasteiger partial charge < -0.3 is 14.7 Å². The average Bonchev–Trinajstić information content (AvgIpc) is 3.75. The van der Waals surface area contributed by atoms with Crippen LogP contribution >= 0.6 is 11.6 Å². The highest BCUT2D eigenvalue weighted by atomic mass is 35.5. The minimum atomic E-state index is -4.23. The molecule has 2 aromatic rings. The Morgan fingerprint density at radius 1 is 1.05 bits per heavy atom. The van der Waals surface area contributed by atoms with Crippen LogP contribution in [0.4, 0.5) is 8.78 Å². The molecule has 4 aliphatic rings. The Hall–Kier alpha value is -2.11. The van der Waals surface area contributed by atoms with Gasteiger partial charge in [-0.05, 0) is 106 Å². The number of sulfonamides is 1. The normalized spacial score (nSPS) is 31.2. The summed E-state index contributed by atoms with van der Waals surface area (Å²) >= 11 is 6.06. The molecule has 0 aromatic heterocycles. The molecule has 3 aliphatic heterocycles. The Balaban J connectivity index is 1.37. The van der Waals surface area contributed by atoms with Crippen molar-refractivity contribution in [3.8, 4) is 0 Å². The van der Waals surface area contributed by atoms with E-state index in [1.54, 1.807) is 7.11 Å². The highest BCUT2D eigenvalue weighted by Gasteiger charge is 2.63. The Kier molecular flexibility index (Phi) is 8.16. The third-order valence-corrected chi connectivity index (χ3v) is 12.8. The summed E-state index contributed by atoms with van der Waals surface area (Å²) in [6, 6.07) is 7.19. The first kappa shape index (κ1) is 30.9. The van der Waals surface area contributed by atoms with E-state index >= 15 is 0 Å². The fourth-order valence-corrected chi connectivity index (χ4v) is 10.3. The zero-order valence-corrected chi connectivity index (χ0v) is 26.1. The monoisotopic (exact) mass is 636 g/mol. The summed E-state index contributed by atoms with van der Waals surface area (Å²) in [7, 11) is -2.52. The number of piperidine rings is 2. The molecule has 11 heteroatoms. The van der Waals surface area contributed by atoms with Crippen LogP contribution in [0.1, 0.15) is 82.7 Å². The molecule has 1 amide bonds. The first-order chi connectivity index (χ1) is 20.4. The molecule has 2 bridgehead atoms. The van der Waals surface area contributed by atoms with E-state index in [0.29, 0.717) is 50.0 Å². The number of aliphatic hydroxyl groups excluding tert-OH is 1. The predicted octanol–water partition coefficient (Wildman–Crippen LogP) is 5.99. The lowest BCUT2D eigenvalue weighted by molar-refractivity contribution is -0.158. The van der Waals surface area contributed by atoms with Gasteiger partial charge in [-0.1, -0.05) is 18.5 Å². The van der Waals surface area contributed by atoms with Crippen molar-refractivity contribution in [1.29, 1.82) is 0 Å². The van der Waals surface area contributed by atoms with Gasteiger partial charge in [-0.3, -0.25) is 4.79 Å².